The van der Waals surface area contributed by atoms with Crippen molar-refractivity contribution in [2.24, 2.45) is 0 Å². The second-order valence-corrected chi connectivity index (χ2v) is 4.20. The summed E-state index contributed by atoms with van der Waals surface area (Å²) in [6, 6.07) is 6.75. The molecule has 2 aromatic carbocycles. The lowest BCUT2D eigenvalue weighted by Gasteiger charge is -2.07. The van der Waals surface area contributed by atoms with Crippen LogP contribution < -0.4 is 11.1 Å². The summed E-state index contributed by atoms with van der Waals surface area (Å²) in [5, 5.41) is 2.41. The molecule has 2 aromatic rings. The SMILES string of the molecule is Nc1ccc(NC(=O)Cc2ccc(F)cc2F)cc1F. The van der Waals surface area contributed by atoms with Crippen molar-refractivity contribution in [1.29, 1.82) is 0 Å². The highest BCUT2D eigenvalue weighted by atomic mass is 19.1. The van der Waals surface area contributed by atoms with E-state index in [-0.39, 0.29) is 23.4 Å². The van der Waals surface area contributed by atoms with Crippen LogP contribution in [0.2, 0.25) is 0 Å². The molecule has 0 saturated carbocycles. The van der Waals surface area contributed by atoms with Crippen LogP contribution in [0.25, 0.3) is 0 Å². The summed E-state index contributed by atoms with van der Waals surface area (Å²) in [6.45, 7) is 0. The quantitative estimate of drug-likeness (QED) is 0.849. The molecule has 3 N–H and O–H groups in total. The molecule has 0 atom stereocenters. The first-order chi connectivity index (χ1) is 9.45. The number of nitrogens with two attached hydrogens (primary N) is 1. The zero-order chi connectivity index (χ0) is 14.7. The van der Waals surface area contributed by atoms with Crippen molar-refractivity contribution in [3.63, 3.8) is 0 Å². The first-order valence-electron chi connectivity index (χ1n) is 5.74. The third-order valence-corrected chi connectivity index (χ3v) is 2.65. The number of anilines is 2. The standard InChI is InChI=1S/C14H11F3N2O/c15-9-2-1-8(11(16)6-9)5-14(20)19-10-3-4-13(18)12(17)7-10/h1-4,6-7H,5,18H2,(H,19,20). The highest BCUT2D eigenvalue weighted by Gasteiger charge is 2.10. The summed E-state index contributed by atoms with van der Waals surface area (Å²) in [4.78, 5) is 11.7. The summed E-state index contributed by atoms with van der Waals surface area (Å²) >= 11 is 0. The third-order valence-electron chi connectivity index (χ3n) is 2.65. The van der Waals surface area contributed by atoms with Gasteiger partial charge in [-0.15, -0.1) is 0 Å². The van der Waals surface area contributed by atoms with Crippen LogP contribution in [0.5, 0.6) is 0 Å². The number of nitrogen functional groups attached to an aromatic ring is 1. The Balaban J connectivity index is 2.07. The third kappa shape index (κ3) is 3.28. The molecule has 0 fully saturated rings. The normalized spacial score (nSPS) is 10.3. The van der Waals surface area contributed by atoms with Crippen molar-refractivity contribution in [2.45, 2.75) is 6.42 Å². The molecule has 0 aliphatic rings. The fourth-order valence-electron chi connectivity index (χ4n) is 1.65. The molecule has 0 unspecified atom stereocenters. The van der Waals surface area contributed by atoms with E-state index in [0.29, 0.717) is 6.07 Å². The van der Waals surface area contributed by atoms with E-state index in [1.54, 1.807) is 0 Å². The van der Waals surface area contributed by atoms with E-state index in [1.807, 2.05) is 0 Å². The smallest absolute Gasteiger partial charge is 0.228 e. The Hall–Kier alpha value is -2.50. The van der Waals surface area contributed by atoms with Gasteiger partial charge < -0.3 is 11.1 Å². The Labute approximate surface area is 113 Å². The summed E-state index contributed by atoms with van der Waals surface area (Å²) in [5.74, 6) is -2.72. The van der Waals surface area contributed by atoms with E-state index in [0.717, 1.165) is 12.1 Å². The van der Waals surface area contributed by atoms with Crippen molar-refractivity contribution in [2.75, 3.05) is 11.1 Å². The largest absolute Gasteiger partial charge is 0.396 e. The van der Waals surface area contributed by atoms with Gasteiger partial charge >= 0.3 is 0 Å². The molecule has 0 radical (unpaired) electrons. The van der Waals surface area contributed by atoms with E-state index < -0.39 is 23.4 Å². The first kappa shape index (κ1) is 13.9. The van der Waals surface area contributed by atoms with Gasteiger partial charge in [-0.25, -0.2) is 13.2 Å². The van der Waals surface area contributed by atoms with Crippen LogP contribution >= 0.6 is 0 Å². The van der Waals surface area contributed by atoms with E-state index in [4.69, 9.17) is 5.73 Å². The monoisotopic (exact) mass is 280 g/mol. The van der Waals surface area contributed by atoms with Gasteiger partial charge in [0.1, 0.15) is 17.5 Å². The van der Waals surface area contributed by atoms with Crippen molar-refractivity contribution in [3.8, 4) is 0 Å². The average molecular weight is 280 g/mol. The molecule has 3 nitrogen and oxygen atoms in total. The number of nitrogens with one attached hydrogen (secondary N) is 1. The zero-order valence-corrected chi connectivity index (χ0v) is 10.3. The molecule has 2 rings (SSSR count). The predicted molar refractivity (Wildman–Crippen MR) is 69.5 cm³/mol. The topological polar surface area (TPSA) is 55.1 Å². The summed E-state index contributed by atoms with van der Waals surface area (Å²) < 4.78 is 39.3. The van der Waals surface area contributed by atoms with Gasteiger partial charge in [-0.2, -0.15) is 0 Å². The van der Waals surface area contributed by atoms with Crippen LogP contribution in [0.4, 0.5) is 24.5 Å². The van der Waals surface area contributed by atoms with Crippen molar-refractivity contribution >= 4 is 17.3 Å². The Morgan fingerprint density at radius 1 is 1.05 bits per heavy atom. The molecule has 20 heavy (non-hydrogen) atoms. The molecule has 0 bridgehead atoms. The molecule has 0 saturated heterocycles. The second-order valence-electron chi connectivity index (χ2n) is 4.20. The number of halogens is 3. The van der Waals surface area contributed by atoms with Crippen molar-refractivity contribution in [1.82, 2.24) is 0 Å². The number of carbonyl (C=O) groups is 1. The second kappa shape index (κ2) is 5.64. The van der Waals surface area contributed by atoms with Crippen LogP contribution in [-0.4, -0.2) is 5.91 Å². The summed E-state index contributed by atoms with van der Waals surface area (Å²) in [5.41, 5.74) is 5.54. The molecule has 6 heteroatoms. The highest BCUT2D eigenvalue weighted by molar-refractivity contribution is 5.92. The molecule has 0 aliphatic carbocycles. The molecule has 104 valence electrons. The van der Waals surface area contributed by atoms with Crippen LogP contribution in [-0.2, 0) is 11.2 Å². The lowest BCUT2D eigenvalue weighted by molar-refractivity contribution is -0.115. The average Bonchev–Trinajstić information content (AvgIpc) is 2.37. The van der Waals surface area contributed by atoms with Gasteiger partial charge in [0.15, 0.2) is 0 Å². The number of carbonyl (C=O) groups excluding carboxylic acids is 1. The van der Waals surface area contributed by atoms with Crippen LogP contribution in [0.3, 0.4) is 0 Å². The number of rotatable bonds is 3. The van der Waals surface area contributed by atoms with Crippen LogP contribution in [0, 0.1) is 17.5 Å². The van der Waals surface area contributed by atoms with Gasteiger partial charge in [0.25, 0.3) is 0 Å². The Morgan fingerprint density at radius 2 is 1.80 bits per heavy atom. The van der Waals surface area contributed by atoms with Gasteiger partial charge in [-0.05, 0) is 29.8 Å². The Morgan fingerprint density at radius 3 is 2.45 bits per heavy atom. The summed E-state index contributed by atoms with van der Waals surface area (Å²) in [7, 11) is 0. The predicted octanol–water partition coefficient (Wildman–Crippen LogP) is 2.87. The fraction of sp³-hybridized carbons (Fsp3) is 0.0714. The van der Waals surface area contributed by atoms with Gasteiger partial charge in [0, 0.05) is 11.8 Å². The number of hydrogen-bond donors (Lipinski definition) is 2. The Bertz CT molecular complexity index is 659. The van der Waals surface area contributed by atoms with Crippen LogP contribution in [0.1, 0.15) is 5.56 Å². The fourth-order valence-corrected chi connectivity index (χ4v) is 1.65. The number of benzene rings is 2. The molecule has 0 heterocycles. The van der Waals surface area contributed by atoms with E-state index >= 15 is 0 Å². The maximum atomic E-state index is 13.4. The zero-order valence-electron chi connectivity index (χ0n) is 10.3. The number of amides is 1. The van der Waals surface area contributed by atoms with Gasteiger partial charge in [-0.1, -0.05) is 6.07 Å². The molecular weight excluding hydrogens is 269 g/mol. The lowest BCUT2D eigenvalue weighted by atomic mass is 10.1. The lowest BCUT2D eigenvalue weighted by Crippen LogP contribution is -2.15. The molecule has 1 amide bonds. The van der Waals surface area contributed by atoms with Crippen molar-refractivity contribution < 1.29 is 18.0 Å². The first-order valence-corrected chi connectivity index (χ1v) is 5.74. The molecule has 0 aromatic heterocycles. The number of hydrogen-bond acceptors (Lipinski definition) is 2. The minimum absolute atomic E-state index is 0.0346. The summed E-state index contributed by atoms with van der Waals surface area (Å²) in [6.07, 6.45) is -0.280. The van der Waals surface area contributed by atoms with Crippen molar-refractivity contribution in [3.05, 3.63) is 59.4 Å². The minimum Gasteiger partial charge on any atom is -0.396 e. The van der Waals surface area contributed by atoms with E-state index in [2.05, 4.69) is 5.32 Å². The minimum atomic E-state index is -0.802. The van der Waals surface area contributed by atoms with Gasteiger partial charge in [-0.3, -0.25) is 4.79 Å². The van der Waals surface area contributed by atoms with E-state index in [1.165, 1.54) is 18.2 Å². The van der Waals surface area contributed by atoms with E-state index in [9.17, 15) is 18.0 Å². The maximum absolute atomic E-state index is 13.4. The maximum Gasteiger partial charge on any atom is 0.228 e. The molecular formula is C14H11F3N2O. The molecule has 0 spiro atoms. The highest BCUT2D eigenvalue weighted by Crippen LogP contribution is 2.17. The Kier molecular flexibility index (Phi) is 3.93. The molecule has 0 aliphatic heterocycles. The van der Waals surface area contributed by atoms with Crippen LogP contribution in [0.15, 0.2) is 36.4 Å². The van der Waals surface area contributed by atoms with Gasteiger partial charge in [0.05, 0.1) is 12.1 Å². The van der Waals surface area contributed by atoms with Gasteiger partial charge in [0.2, 0.25) is 5.91 Å².